The molecule has 0 aromatic rings. The van der Waals surface area contributed by atoms with Crippen LogP contribution in [0.15, 0.2) is 0 Å². The monoisotopic (exact) mass is 266 g/mol. The highest BCUT2D eigenvalue weighted by atomic mass is 16.4. The summed E-state index contributed by atoms with van der Waals surface area (Å²) in [4.78, 5) is 13.5. The zero-order valence-electron chi connectivity index (χ0n) is 12.4. The van der Waals surface area contributed by atoms with E-state index in [1.165, 1.54) is 0 Å². The summed E-state index contributed by atoms with van der Waals surface area (Å²) in [5, 5.41) is 18.4. The molecule has 1 N–H and O–H groups in total. The highest BCUT2D eigenvalue weighted by molar-refractivity contribution is 5.78. The van der Waals surface area contributed by atoms with Crippen molar-refractivity contribution in [2.45, 2.75) is 64.8 Å². The summed E-state index contributed by atoms with van der Waals surface area (Å²) in [5.74, 6) is -0.704. The summed E-state index contributed by atoms with van der Waals surface area (Å²) in [5.41, 5.74) is -0.957. The number of aliphatic carboxylic acids is 1. The molecule has 1 saturated heterocycles. The molecule has 1 unspecified atom stereocenters. The van der Waals surface area contributed by atoms with E-state index in [4.69, 9.17) is 5.26 Å². The fraction of sp³-hybridized carbons (Fsp3) is 0.867. The number of hydrogen-bond donors (Lipinski definition) is 1. The van der Waals surface area contributed by atoms with Crippen LogP contribution in [-0.4, -0.2) is 34.6 Å². The molecule has 1 fully saturated rings. The van der Waals surface area contributed by atoms with Gasteiger partial charge in [-0.2, -0.15) is 5.26 Å². The smallest absolute Gasteiger partial charge is 0.323 e. The van der Waals surface area contributed by atoms with Crippen molar-refractivity contribution in [2.24, 2.45) is 5.41 Å². The first-order valence-corrected chi connectivity index (χ1v) is 7.21. The van der Waals surface area contributed by atoms with Gasteiger partial charge in [-0.3, -0.25) is 9.69 Å². The lowest BCUT2D eigenvalue weighted by molar-refractivity contribution is -0.152. The van der Waals surface area contributed by atoms with Gasteiger partial charge < -0.3 is 5.11 Å². The van der Waals surface area contributed by atoms with E-state index in [1.54, 1.807) is 0 Å². The van der Waals surface area contributed by atoms with Gasteiger partial charge in [-0.1, -0.05) is 6.42 Å². The van der Waals surface area contributed by atoms with Gasteiger partial charge >= 0.3 is 5.97 Å². The molecule has 0 radical (unpaired) electrons. The number of unbranched alkanes of at least 4 members (excludes halogenated alkanes) is 1. The molecular weight excluding hydrogens is 240 g/mol. The summed E-state index contributed by atoms with van der Waals surface area (Å²) in [6, 6.07) is 2.31. The summed E-state index contributed by atoms with van der Waals surface area (Å²) < 4.78 is 0. The number of carboxylic acids is 1. The lowest BCUT2D eigenvalue weighted by Crippen LogP contribution is -2.55. The summed E-state index contributed by atoms with van der Waals surface area (Å²) in [6.45, 7) is 7.45. The first kappa shape index (κ1) is 16.0. The average Bonchev–Trinajstić information content (AvgIpc) is 2.36. The standard InChI is InChI=1S/C15H26N2O2/c1-14(2,12-16)8-4-6-10-17-11-7-5-9-15(17,3)13(18)19/h4-11H2,1-3H3,(H,18,19). The minimum atomic E-state index is -0.704. The summed E-state index contributed by atoms with van der Waals surface area (Å²) >= 11 is 0. The minimum absolute atomic E-state index is 0.266. The number of nitrogens with zero attached hydrogens (tertiary/aromatic N) is 2. The van der Waals surface area contributed by atoms with Gasteiger partial charge in [-0.05, 0) is 66.0 Å². The maximum Gasteiger partial charge on any atom is 0.323 e. The SMILES string of the molecule is CC(C)(C#N)CCCCN1CCCCC1(C)C(=O)O. The van der Waals surface area contributed by atoms with Crippen molar-refractivity contribution in [3.63, 3.8) is 0 Å². The van der Waals surface area contributed by atoms with Crippen LogP contribution >= 0.6 is 0 Å². The van der Waals surface area contributed by atoms with Crippen LogP contribution in [0.1, 0.15) is 59.3 Å². The van der Waals surface area contributed by atoms with Gasteiger partial charge in [0.1, 0.15) is 5.54 Å². The molecule has 1 rings (SSSR count). The van der Waals surface area contributed by atoms with Crippen molar-refractivity contribution in [3.05, 3.63) is 0 Å². The highest BCUT2D eigenvalue weighted by Crippen LogP contribution is 2.29. The first-order chi connectivity index (χ1) is 8.82. The molecule has 4 heteroatoms. The van der Waals surface area contributed by atoms with Crippen LogP contribution in [0.4, 0.5) is 0 Å². The molecule has 1 aliphatic rings. The molecule has 1 atom stereocenters. The second-order valence-electron chi connectivity index (χ2n) is 6.48. The van der Waals surface area contributed by atoms with E-state index >= 15 is 0 Å². The normalized spacial score (nSPS) is 24.9. The van der Waals surface area contributed by atoms with Gasteiger partial charge in [0.25, 0.3) is 0 Å². The number of nitriles is 1. The Morgan fingerprint density at radius 2 is 2.11 bits per heavy atom. The average molecular weight is 266 g/mol. The van der Waals surface area contributed by atoms with Gasteiger partial charge in [0, 0.05) is 0 Å². The quantitative estimate of drug-likeness (QED) is 0.750. The third-order valence-electron chi connectivity index (χ3n) is 4.28. The number of piperidine rings is 1. The first-order valence-electron chi connectivity index (χ1n) is 7.21. The molecule has 0 saturated carbocycles. The second kappa shape index (κ2) is 6.38. The van der Waals surface area contributed by atoms with E-state index in [9.17, 15) is 9.90 Å². The Morgan fingerprint density at radius 3 is 2.68 bits per heavy atom. The van der Waals surface area contributed by atoms with E-state index < -0.39 is 11.5 Å². The fourth-order valence-electron chi connectivity index (χ4n) is 2.70. The maximum atomic E-state index is 11.4. The zero-order valence-corrected chi connectivity index (χ0v) is 12.4. The Bertz CT molecular complexity index is 360. The molecule has 108 valence electrons. The van der Waals surface area contributed by atoms with Gasteiger partial charge in [-0.25, -0.2) is 0 Å². The molecule has 0 aromatic carbocycles. The highest BCUT2D eigenvalue weighted by Gasteiger charge is 2.40. The maximum absolute atomic E-state index is 11.4. The topological polar surface area (TPSA) is 64.3 Å². The Labute approximate surface area is 116 Å². The van der Waals surface area contributed by atoms with E-state index in [1.807, 2.05) is 20.8 Å². The van der Waals surface area contributed by atoms with Gasteiger partial charge in [0.05, 0.1) is 11.5 Å². The predicted octanol–water partition coefficient (Wildman–Crippen LogP) is 3.04. The van der Waals surface area contributed by atoms with Crippen molar-refractivity contribution in [1.82, 2.24) is 4.90 Å². The second-order valence-corrected chi connectivity index (χ2v) is 6.48. The fourth-order valence-corrected chi connectivity index (χ4v) is 2.70. The van der Waals surface area contributed by atoms with Crippen molar-refractivity contribution >= 4 is 5.97 Å². The van der Waals surface area contributed by atoms with Crippen LogP contribution in [0, 0.1) is 16.7 Å². The van der Waals surface area contributed by atoms with Crippen molar-refractivity contribution in [2.75, 3.05) is 13.1 Å². The number of carboxylic acid groups (broad SMARTS) is 1. The molecule has 0 amide bonds. The van der Waals surface area contributed by atoms with Crippen LogP contribution in [-0.2, 0) is 4.79 Å². The van der Waals surface area contributed by atoms with Crippen LogP contribution in [0.3, 0.4) is 0 Å². The van der Waals surface area contributed by atoms with Gasteiger partial charge in [0.15, 0.2) is 0 Å². The summed E-state index contributed by atoms with van der Waals surface area (Å²) in [7, 11) is 0. The van der Waals surface area contributed by atoms with Crippen LogP contribution in [0.2, 0.25) is 0 Å². The Kier molecular flexibility index (Phi) is 5.37. The lowest BCUT2D eigenvalue weighted by atomic mass is 9.87. The molecule has 0 aliphatic carbocycles. The van der Waals surface area contributed by atoms with Crippen LogP contribution in [0.25, 0.3) is 0 Å². The number of rotatable bonds is 6. The molecule has 0 aromatic heterocycles. The van der Waals surface area contributed by atoms with Gasteiger partial charge in [-0.15, -0.1) is 0 Å². The molecule has 19 heavy (non-hydrogen) atoms. The molecular formula is C15H26N2O2. The van der Waals surface area contributed by atoms with E-state index in [2.05, 4.69) is 11.0 Å². The summed E-state index contributed by atoms with van der Waals surface area (Å²) in [6.07, 6.45) is 5.65. The molecule has 1 aliphatic heterocycles. The predicted molar refractivity (Wildman–Crippen MR) is 74.7 cm³/mol. The third kappa shape index (κ3) is 4.21. The lowest BCUT2D eigenvalue weighted by Gasteiger charge is -2.41. The molecule has 0 bridgehead atoms. The van der Waals surface area contributed by atoms with Crippen LogP contribution < -0.4 is 0 Å². The number of carbonyl (C=O) groups is 1. The van der Waals surface area contributed by atoms with Crippen LogP contribution in [0.5, 0.6) is 0 Å². The number of hydrogen-bond acceptors (Lipinski definition) is 3. The number of likely N-dealkylation sites (tertiary alicyclic amines) is 1. The van der Waals surface area contributed by atoms with E-state index in [0.717, 1.165) is 51.6 Å². The molecule has 1 heterocycles. The largest absolute Gasteiger partial charge is 0.480 e. The zero-order chi connectivity index (χ0) is 14.5. The molecule has 0 spiro atoms. The van der Waals surface area contributed by atoms with E-state index in [-0.39, 0.29) is 5.41 Å². The third-order valence-corrected chi connectivity index (χ3v) is 4.28. The Morgan fingerprint density at radius 1 is 1.42 bits per heavy atom. The Hall–Kier alpha value is -1.08. The molecule has 4 nitrogen and oxygen atoms in total. The van der Waals surface area contributed by atoms with Gasteiger partial charge in [0.2, 0.25) is 0 Å². The van der Waals surface area contributed by atoms with E-state index in [0.29, 0.717) is 0 Å². The van der Waals surface area contributed by atoms with Crippen molar-refractivity contribution in [1.29, 1.82) is 5.26 Å². The van der Waals surface area contributed by atoms with Crippen molar-refractivity contribution in [3.8, 4) is 6.07 Å². The van der Waals surface area contributed by atoms with Crippen molar-refractivity contribution < 1.29 is 9.90 Å². The minimum Gasteiger partial charge on any atom is -0.480 e. The Balaban J connectivity index is 2.43.